The Labute approximate surface area is 125 Å². The Morgan fingerprint density at radius 3 is 2.76 bits per heavy atom. The van der Waals surface area contributed by atoms with Crippen LogP contribution in [0.15, 0.2) is 47.7 Å². The molecule has 1 amide bonds. The maximum Gasteiger partial charge on any atom is 0.234 e. The topological polar surface area (TPSA) is 70.7 Å². The quantitative estimate of drug-likeness (QED) is 0.788. The van der Waals surface area contributed by atoms with Crippen molar-refractivity contribution in [1.29, 1.82) is 0 Å². The van der Waals surface area contributed by atoms with E-state index in [1.54, 1.807) is 17.3 Å². The third kappa shape index (κ3) is 4.08. The van der Waals surface area contributed by atoms with Crippen LogP contribution in [-0.2, 0) is 4.79 Å². The number of amidine groups is 1. The van der Waals surface area contributed by atoms with Crippen LogP contribution in [-0.4, -0.2) is 18.3 Å². The number of hydrogen-bond acceptors (Lipinski definition) is 4. The molecule has 1 heterocycles. The van der Waals surface area contributed by atoms with E-state index >= 15 is 0 Å². The predicted molar refractivity (Wildman–Crippen MR) is 85.7 cm³/mol. The molecule has 3 N–H and O–H groups in total. The summed E-state index contributed by atoms with van der Waals surface area (Å²) in [6, 6.07) is 9.68. The first-order valence-corrected chi connectivity index (χ1v) is 7.36. The smallest absolute Gasteiger partial charge is 0.234 e. The molecule has 112 valence electrons. The second-order valence-electron chi connectivity index (χ2n) is 5.02. The molecule has 0 bridgehead atoms. The minimum Gasteiger partial charge on any atom is -0.385 e. The lowest BCUT2D eigenvalue weighted by Crippen LogP contribution is -2.41. The fraction of sp³-hybridized carbons (Fsp3) is 0.375. The minimum atomic E-state index is -0.480. The van der Waals surface area contributed by atoms with E-state index in [2.05, 4.69) is 17.3 Å². The highest BCUT2D eigenvalue weighted by Crippen LogP contribution is 2.18. The molecule has 1 unspecified atom stereocenters. The number of unbranched alkanes of at least 4 members (excludes halogenated alkanes) is 2. The summed E-state index contributed by atoms with van der Waals surface area (Å²) in [5.74, 6) is -0.253. The van der Waals surface area contributed by atoms with Crippen molar-refractivity contribution in [3.05, 3.63) is 42.6 Å². The zero-order valence-electron chi connectivity index (χ0n) is 12.3. The van der Waals surface area contributed by atoms with Gasteiger partial charge in [-0.15, -0.1) is 0 Å². The third-order valence-corrected chi connectivity index (χ3v) is 3.34. The highest BCUT2D eigenvalue weighted by molar-refractivity contribution is 6.05. The monoisotopic (exact) mass is 286 g/mol. The number of para-hydroxylation sites is 1. The van der Waals surface area contributed by atoms with Crippen LogP contribution in [0.25, 0.3) is 0 Å². The zero-order valence-corrected chi connectivity index (χ0v) is 12.3. The summed E-state index contributed by atoms with van der Waals surface area (Å²) in [6.07, 6.45) is 6.80. The van der Waals surface area contributed by atoms with Gasteiger partial charge in [-0.05, 0) is 24.6 Å². The average Bonchev–Trinajstić information content (AvgIpc) is 2.52. The van der Waals surface area contributed by atoms with Gasteiger partial charge in [-0.2, -0.15) is 5.10 Å². The highest BCUT2D eigenvalue weighted by atomic mass is 16.1. The number of amides is 1. The summed E-state index contributed by atoms with van der Waals surface area (Å²) in [5.41, 5.74) is 6.85. The first-order valence-electron chi connectivity index (χ1n) is 7.36. The van der Waals surface area contributed by atoms with Crippen molar-refractivity contribution in [2.75, 3.05) is 11.6 Å². The van der Waals surface area contributed by atoms with Crippen molar-refractivity contribution in [3.63, 3.8) is 0 Å². The lowest BCUT2D eigenvalue weighted by Gasteiger charge is -2.23. The van der Waals surface area contributed by atoms with Crippen LogP contribution in [0.1, 0.15) is 26.2 Å². The number of anilines is 1. The van der Waals surface area contributed by atoms with Crippen molar-refractivity contribution < 1.29 is 4.79 Å². The molecule has 1 aliphatic heterocycles. The van der Waals surface area contributed by atoms with Gasteiger partial charge < -0.3 is 11.1 Å². The molecule has 1 atom stereocenters. The van der Waals surface area contributed by atoms with Crippen LogP contribution in [0.3, 0.4) is 0 Å². The van der Waals surface area contributed by atoms with Crippen LogP contribution in [0.2, 0.25) is 0 Å². The molecule has 0 aliphatic carbocycles. The number of hydrazone groups is 1. The van der Waals surface area contributed by atoms with Crippen LogP contribution in [0, 0.1) is 5.92 Å². The van der Waals surface area contributed by atoms with E-state index in [-0.39, 0.29) is 5.91 Å². The van der Waals surface area contributed by atoms with E-state index < -0.39 is 5.92 Å². The van der Waals surface area contributed by atoms with Gasteiger partial charge in [0.25, 0.3) is 0 Å². The van der Waals surface area contributed by atoms with E-state index in [0.717, 1.165) is 24.9 Å². The number of hydrogen-bond donors (Lipinski definition) is 2. The standard InChI is InChI=1S/C16H22N4O/c1-2-3-7-11-18-16(21)14-10-12-20(19-15(14)17)13-8-5-4-6-9-13/h4-6,8-10,12,14H,2-3,7,11H2,1H3,(H2,17,19)(H,18,21). The van der Waals surface area contributed by atoms with Gasteiger partial charge in [-0.1, -0.05) is 38.0 Å². The summed E-state index contributed by atoms with van der Waals surface area (Å²) in [6.45, 7) is 2.82. The van der Waals surface area contributed by atoms with Crippen LogP contribution >= 0.6 is 0 Å². The van der Waals surface area contributed by atoms with Gasteiger partial charge in [-0.3, -0.25) is 4.79 Å². The molecule has 0 saturated carbocycles. The molecule has 1 aromatic rings. The minimum absolute atomic E-state index is 0.0867. The number of nitrogens with two attached hydrogens (primary N) is 1. The molecule has 1 aromatic carbocycles. The van der Waals surface area contributed by atoms with Gasteiger partial charge in [0.2, 0.25) is 5.91 Å². The normalized spacial score (nSPS) is 17.5. The van der Waals surface area contributed by atoms with Crippen molar-refractivity contribution in [2.24, 2.45) is 16.8 Å². The number of carbonyl (C=O) groups is 1. The second kappa shape index (κ2) is 7.47. The Bertz CT molecular complexity index is 524. The number of carbonyl (C=O) groups excluding carboxylic acids is 1. The van der Waals surface area contributed by atoms with Crippen LogP contribution in [0.5, 0.6) is 0 Å². The summed E-state index contributed by atoms with van der Waals surface area (Å²) < 4.78 is 0. The van der Waals surface area contributed by atoms with E-state index in [1.807, 2.05) is 30.3 Å². The van der Waals surface area contributed by atoms with Crippen molar-refractivity contribution in [1.82, 2.24) is 5.32 Å². The van der Waals surface area contributed by atoms with Gasteiger partial charge in [0.1, 0.15) is 11.8 Å². The molecule has 0 aromatic heterocycles. The number of rotatable bonds is 6. The molecule has 2 rings (SSSR count). The SMILES string of the molecule is CCCCCNC(=O)C1C=CN(c2ccccc2)N=C1N. The van der Waals surface area contributed by atoms with Crippen molar-refractivity contribution in [2.45, 2.75) is 26.2 Å². The summed E-state index contributed by atoms with van der Waals surface area (Å²) >= 11 is 0. The van der Waals surface area contributed by atoms with Gasteiger partial charge in [0, 0.05) is 12.7 Å². The fourth-order valence-corrected chi connectivity index (χ4v) is 2.13. The average molecular weight is 286 g/mol. The Morgan fingerprint density at radius 2 is 2.10 bits per heavy atom. The molecule has 5 heteroatoms. The second-order valence-corrected chi connectivity index (χ2v) is 5.02. The molecular formula is C16H22N4O. The molecule has 1 aliphatic rings. The Morgan fingerprint density at radius 1 is 1.33 bits per heavy atom. The van der Waals surface area contributed by atoms with Crippen molar-refractivity contribution in [3.8, 4) is 0 Å². The first kappa shape index (κ1) is 15.1. The van der Waals surface area contributed by atoms with E-state index in [1.165, 1.54) is 0 Å². The van der Waals surface area contributed by atoms with Crippen LogP contribution in [0.4, 0.5) is 5.69 Å². The predicted octanol–water partition coefficient (Wildman–Crippen LogP) is 2.22. The lowest BCUT2D eigenvalue weighted by molar-refractivity contribution is -0.121. The highest BCUT2D eigenvalue weighted by Gasteiger charge is 2.23. The van der Waals surface area contributed by atoms with E-state index in [4.69, 9.17) is 5.73 Å². The first-order chi connectivity index (χ1) is 10.2. The fourth-order valence-electron chi connectivity index (χ4n) is 2.13. The number of benzene rings is 1. The Kier molecular flexibility index (Phi) is 5.37. The number of nitrogens with zero attached hydrogens (tertiary/aromatic N) is 2. The summed E-state index contributed by atoms with van der Waals surface area (Å²) in [4.78, 5) is 12.1. The Balaban J connectivity index is 1.94. The maximum absolute atomic E-state index is 12.1. The largest absolute Gasteiger partial charge is 0.385 e. The lowest BCUT2D eigenvalue weighted by atomic mass is 10.1. The zero-order chi connectivity index (χ0) is 15.1. The van der Waals surface area contributed by atoms with Gasteiger partial charge >= 0.3 is 0 Å². The van der Waals surface area contributed by atoms with E-state index in [9.17, 15) is 4.79 Å². The molecule has 5 nitrogen and oxygen atoms in total. The third-order valence-electron chi connectivity index (χ3n) is 3.34. The molecule has 0 saturated heterocycles. The number of nitrogens with one attached hydrogen (secondary N) is 1. The maximum atomic E-state index is 12.1. The van der Waals surface area contributed by atoms with Gasteiger partial charge in [0.15, 0.2) is 0 Å². The summed E-state index contributed by atoms with van der Waals surface area (Å²) in [5, 5.41) is 8.86. The molecule has 21 heavy (non-hydrogen) atoms. The van der Waals surface area contributed by atoms with Gasteiger partial charge in [-0.25, -0.2) is 5.01 Å². The van der Waals surface area contributed by atoms with Crippen molar-refractivity contribution >= 4 is 17.4 Å². The molecule has 0 spiro atoms. The summed E-state index contributed by atoms with van der Waals surface area (Å²) in [7, 11) is 0. The van der Waals surface area contributed by atoms with Crippen LogP contribution < -0.4 is 16.1 Å². The van der Waals surface area contributed by atoms with Gasteiger partial charge in [0.05, 0.1) is 5.69 Å². The molecular weight excluding hydrogens is 264 g/mol. The van der Waals surface area contributed by atoms with E-state index in [0.29, 0.717) is 12.4 Å². The Hall–Kier alpha value is -2.30. The molecule has 0 fully saturated rings. The molecule has 0 radical (unpaired) electrons.